The van der Waals surface area contributed by atoms with Crippen LogP contribution < -0.4 is 9.47 Å². The van der Waals surface area contributed by atoms with Gasteiger partial charge in [0.1, 0.15) is 11.5 Å². The second-order valence-electron chi connectivity index (χ2n) is 6.01. The zero-order valence-electron chi connectivity index (χ0n) is 15.3. The molecule has 0 aliphatic carbocycles. The highest BCUT2D eigenvalue weighted by Gasteiger charge is 2.11. The molecule has 0 saturated heterocycles. The number of esters is 1. The lowest BCUT2D eigenvalue weighted by molar-refractivity contribution is 0.0378. The highest BCUT2D eigenvalue weighted by Crippen LogP contribution is 2.22. The van der Waals surface area contributed by atoms with Crippen molar-refractivity contribution in [3.63, 3.8) is 0 Å². The third kappa shape index (κ3) is 4.84. The van der Waals surface area contributed by atoms with Gasteiger partial charge in [-0.1, -0.05) is 17.3 Å². The molecule has 0 unspecified atom stereocenters. The summed E-state index contributed by atoms with van der Waals surface area (Å²) >= 11 is 0. The maximum atomic E-state index is 11.8. The van der Waals surface area contributed by atoms with E-state index in [1.807, 2.05) is 24.3 Å². The second-order valence-corrected chi connectivity index (χ2v) is 6.01. The van der Waals surface area contributed by atoms with Crippen LogP contribution in [-0.4, -0.2) is 29.3 Å². The van der Waals surface area contributed by atoms with Crippen LogP contribution in [0.5, 0.6) is 11.5 Å². The van der Waals surface area contributed by atoms with Gasteiger partial charge in [-0.3, -0.25) is 0 Å². The number of nitrogens with zero attached hydrogens (tertiary/aromatic N) is 2. The monoisotopic (exact) mass is 368 g/mol. The van der Waals surface area contributed by atoms with E-state index in [0.29, 0.717) is 28.8 Å². The van der Waals surface area contributed by atoms with E-state index in [1.54, 1.807) is 45.2 Å². The molecule has 0 saturated carbocycles. The summed E-state index contributed by atoms with van der Waals surface area (Å²) in [5.74, 6) is 1.73. The molecule has 1 heterocycles. The van der Waals surface area contributed by atoms with Crippen LogP contribution in [0.4, 0.5) is 0 Å². The fourth-order valence-corrected chi connectivity index (χ4v) is 2.31. The third-order valence-electron chi connectivity index (χ3n) is 3.59. The molecule has 0 aliphatic heterocycles. The number of ether oxygens (including phenoxy) is 3. The Hall–Kier alpha value is -3.35. The number of hydrogen-bond donors (Lipinski definition) is 0. The van der Waals surface area contributed by atoms with E-state index < -0.39 is 0 Å². The van der Waals surface area contributed by atoms with Gasteiger partial charge in [-0.2, -0.15) is 4.98 Å². The molecule has 1 aromatic heterocycles. The summed E-state index contributed by atoms with van der Waals surface area (Å²) in [6.07, 6.45) is -0.162. The second kappa shape index (κ2) is 8.35. The summed E-state index contributed by atoms with van der Waals surface area (Å²) in [7, 11) is 1.60. The summed E-state index contributed by atoms with van der Waals surface area (Å²) in [4.78, 5) is 16.1. The van der Waals surface area contributed by atoms with Gasteiger partial charge < -0.3 is 18.7 Å². The zero-order valence-corrected chi connectivity index (χ0v) is 15.3. The fraction of sp³-hybridized carbons (Fsp3) is 0.250. The number of carbonyl (C=O) groups is 1. The first-order valence-corrected chi connectivity index (χ1v) is 8.46. The van der Waals surface area contributed by atoms with Crippen LogP contribution in [0, 0.1) is 0 Å². The van der Waals surface area contributed by atoms with Crippen LogP contribution in [0.15, 0.2) is 53.1 Å². The lowest BCUT2D eigenvalue weighted by atomic mass is 10.2. The van der Waals surface area contributed by atoms with Crippen LogP contribution in [0.3, 0.4) is 0 Å². The Kier molecular flexibility index (Phi) is 5.71. The van der Waals surface area contributed by atoms with Crippen molar-refractivity contribution in [2.24, 2.45) is 0 Å². The smallest absolute Gasteiger partial charge is 0.338 e. The number of methoxy groups -OCH3 is 1. The van der Waals surface area contributed by atoms with Crippen LogP contribution in [0.25, 0.3) is 11.4 Å². The Morgan fingerprint density at radius 2 is 1.89 bits per heavy atom. The average molecular weight is 368 g/mol. The maximum Gasteiger partial charge on any atom is 0.338 e. The predicted molar refractivity (Wildman–Crippen MR) is 97.6 cm³/mol. The van der Waals surface area contributed by atoms with Gasteiger partial charge in [0.05, 0.1) is 18.8 Å². The minimum Gasteiger partial charge on any atom is -0.497 e. The quantitative estimate of drug-likeness (QED) is 0.585. The Labute approximate surface area is 156 Å². The van der Waals surface area contributed by atoms with Crippen molar-refractivity contribution in [1.82, 2.24) is 10.1 Å². The molecule has 0 fully saturated rings. The standard InChI is InChI=1S/C20H20N2O5/c1-13(2)26-20(23)14-7-9-16(10-8-14)25-12-18-21-19(22-27-18)15-5-4-6-17(11-15)24-3/h4-11,13H,12H2,1-3H3. The Morgan fingerprint density at radius 3 is 2.59 bits per heavy atom. The van der Waals surface area contributed by atoms with Crippen LogP contribution >= 0.6 is 0 Å². The molecule has 2 aromatic carbocycles. The Balaban J connectivity index is 1.60. The minimum absolute atomic E-state index is 0.118. The highest BCUT2D eigenvalue weighted by molar-refractivity contribution is 5.89. The van der Waals surface area contributed by atoms with Gasteiger partial charge in [-0.25, -0.2) is 4.79 Å². The Morgan fingerprint density at radius 1 is 1.11 bits per heavy atom. The summed E-state index contributed by atoms with van der Waals surface area (Å²) < 4.78 is 21.2. The third-order valence-corrected chi connectivity index (χ3v) is 3.59. The number of aromatic nitrogens is 2. The van der Waals surface area contributed by atoms with E-state index in [9.17, 15) is 4.79 Å². The van der Waals surface area contributed by atoms with Crippen molar-refractivity contribution in [3.8, 4) is 22.9 Å². The van der Waals surface area contributed by atoms with E-state index in [-0.39, 0.29) is 18.7 Å². The lowest BCUT2D eigenvalue weighted by Gasteiger charge is -2.08. The SMILES string of the molecule is COc1cccc(-c2noc(COc3ccc(C(=O)OC(C)C)cc3)n2)c1. The van der Waals surface area contributed by atoms with Crippen LogP contribution in [0.2, 0.25) is 0 Å². The largest absolute Gasteiger partial charge is 0.497 e. The van der Waals surface area contributed by atoms with E-state index in [0.717, 1.165) is 5.56 Å². The van der Waals surface area contributed by atoms with Gasteiger partial charge in [0, 0.05) is 5.56 Å². The van der Waals surface area contributed by atoms with Crippen molar-refractivity contribution >= 4 is 5.97 Å². The van der Waals surface area contributed by atoms with Gasteiger partial charge >= 0.3 is 5.97 Å². The average Bonchev–Trinajstić information content (AvgIpc) is 3.15. The number of carbonyl (C=O) groups excluding carboxylic acids is 1. The number of rotatable bonds is 7. The first-order chi connectivity index (χ1) is 13.0. The summed E-state index contributed by atoms with van der Waals surface area (Å²) in [5, 5.41) is 3.96. The molecule has 0 aliphatic rings. The summed E-state index contributed by atoms with van der Waals surface area (Å²) in [6, 6.07) is 14.1. The first-order valence-electron chi connectivity index (χ1n) is 8.46. The highest BCUT2D eigenvalue weighted by atomic mass is 16.5. The van der Waals surface area contributed by atoms with E-state index in [4.69, 9.17) is 18.7 Å². The van der Waals surface area contributed by atoms with Crippen molar-refractivity contribution in [3.05, 3.63) is 60.0 Å². The molecule has 3 aromatic rings. The van der Waals surface area contributed by atoms with E-state index in [2.05, 4.69) is 10.1 Å². The van der Waals surface area contributed by atoms with E-state index >= 15 is 0 Å². The molecule has 0 bridgehead atoms. The van der Waals surface area contributed by atoms with Crippen molar-refractivity contribution in [2.75, 3.05) is 7.11 Å². The van der Waals surface area contributed by atoms with E-state index in [1.165, 1.54) is 0 Å². The van der Waals surface area contributed by atoms with Gasteiger partial charge in [0.25, 0.3) is 5.89 Å². The molecule has 7 heteroatoms. The van der Waals surface area contributed by atoms with Crippen LogP contribution in [0.1, 0.15) is 30.1 Å². The number of benzene rings is 2. The molecule has 0 radical (unpaired) electrons. The molecule has 0 atom stereocenters. The molecule has 140 valence electrons. The molecule has 0 N–H and O–H groups in total. The van der Waals surface area contributed by atoms with Crippen molar-refractivity contribution in [2.45, 2.75) is 26.6 Å². The molecule has 27 heavy (non-hydrogen) atoms. The van der Waals surface area contributed by atoms with Crippen molar-refractivity contribution in [1.29, 1.82) is 0 Å². The predicted octanol–water partition coefficient (Wildman–Crippen LogP) is 3.89. The molecule has 0 amide bonds. The van der Waals surface area contributed by atoms with Gasteiger partial charge in [-0.15, -0.1) is 0 Å². The summed E-state index contributed by atoms with van der Waals surface area (Å²) in [5.41, 5.74) is 1.26. The van der Waals surface area contributed by atoms with Gasteiger partial charge in [0.2, 0.25) is 5.82 Å². The topological polar surface area (TPSA) is 83.7 Å². The lowest BCUT2D eigenvalue weighted by Crippen LogP contribution is -2.11. The molecular weight excluding hydrogens is 348 g/mol. The molecule has 7 nitrogen and oxygen atoms in total. The number of hydrogen-bond acceptors (Lipinski definition) is 7. The zero-order chi connectivity index (χ0) is 19.2. The van der Waals surface area contributed by atoms with Gasteiger partial charge in [0.15, 0.2) is 6.61 Å². The first kappa shape index (κ1) is 18.4. The normalized spacial score (nSPS) is 10.7. The molecule has 3 rings (SSSR count). The van der Waals surface area contributed by atoms with Gasteiger partial charge in [-0.05, 0) is 50.2 Å². The minimum atomic E-state index is -0.364. The maximum absolute atomic E-state index is 11.8. The Bertz CT molecular complexity index is 903. The fourth-order valence-electron chi connectivity index (χ4n) is 2.31. The summed E-state index contributed by atoms with van der Waals surface area (Å²) in [6.45, 7) is 3.73. The molecular formula is C20H20N2O5. The van der Waals surface area contributed by atoms with Crippen LogP contribution in [-0.2, 0) is 11.3 Å². The van der Waals surface area contributed by atoms with Crippen molar-refractivity contribution < 1.29 is 23.5 Å². The molecule has 0 spiro atoms.